The third kappa shape index (κ3) is 5.82. The molecule has 0 unspecified atom stereocenters. The number of aliphatic carboxylic acids is 1. The predicted octanol–water partition coefficient (Wildman–Crippen LogP) is 3.28. The molecular weight excluding hydrogens is 316 g/mol. The fraction of sp³-hybridized carbons (Fsp3) is 0.688. The highest BCUT2D eigenvalue weighted by atomic mass is 28.4. The van der Waals surface area contributed by atoms with Crippen LogP contribution in [-0.2, 0) is 23.5 Å². The third-order valence-corrected chi connectivity index (χ3v) is 9.98. The Morgan fingerprint density at radius 3 is 1.78 bits per heavy atom. The van der Waals surface area contributed by atoms with Crippen LogP contribution in [0.15, 0.2) is 11.6 Å². The summed E-state index contributed by atoms with van der Waals surface area (Å²) in [5, 5.41) is 8.58. The number of hydrogen-bond acceptors (Lipinski definition) is 5. The summed E-state index contributed by atoms with van der Waals surface area (Å²) in [6, 6.07) is 0. The van der Waals surface area contributed by atoms with Gasteiger partial charge in [0.05, 0.1) is 0 Å². The lowest BCUT2D eigenvalue weighted by Crippen LogP contribution is -2.49. The summed E-state index contributed by atoms with van der Waals surface area (Å²) in [6.45, 7) is 13.1. The Labute approximate surface area is 139 Å². The first-order chi connectivity index (χ1) is 10.4. The summed E-state index contributed by atoms with van der Waals surface area (Å²) >= 11 is 0. The van der Waals surface area contributed by atoms with Gasteiger partial charge in [-0.05, 0) is 23.5 Å². The molecule has 23 heavy (non-hydrogen) atoms. The summed E-state index contributed by atoms with van der Waals surface area (Å²) in [6.07, 6.45) is 0.739. The van der Waals surface area contributed by atoms with E-state index in [0.717, 1.165) is 6.08 Å². The minimum absolute atomic E-state index is 0.0783. The van der Waals surface area contributed by atoms with Gasteiger partial charge in [-0.3, -0.25) is 0 Å². The number of carbonyl (C=O) groups excluding carboxylic acids is 2. The molecule has 0 rings (SSSR count). The molecule has 0 fully saturated rings. The van der Waals surface area contributed by atoms with Crippen LogP contribution in [-0.4, -0.2) is 37.9 Å². The van der Waals surface area contributed by atoms with Crippen molar-refractivity contribution < 1.29 is 28.7 Å². The Morgan fingerprint density at radius 2 is 1.43 bits per heavy atom. The normalized spacial score (nSPS) is 12.7. The molecule has 0 aliphatic heterocycles. The maximum atomic E-state index is 12.1. The minimum atomic E-state index is -2.37. The highest BCUT2D eigenvalue weighted by Crippen LogP contribution is 2.42. The zero-order valence-electron chi connectivity index (χ0n) is 15.0. The Kier molecular flexibility index (Phi) is 8.23. The van der Waals surface area contributed by atoms with E-state index in [0.29, 0.717) is 0 Å². The molecule has 0 saturated heterocycles. The van der Waals surface area contributed by atoms with Crippen LogP contribution in [0, 0.1) is 0 Å². The maximum Gasteiger partial charge on any atom is 0.334 e. The lowest BCUT2D eigenvalue weighted by Gasteiger charge is -2.41. The van der Waals surface area contributed by atoms with Gasteiger partial charge >= 0.3 is 17.9 Å². The highest BCUT2D eigenvalue weighted by Gasteiger charge is 2.48. The number of carbonyl (C=O) groups is 3. The zero-order valence-corrected chi connectivity index (χ0v) is 16.0. The average Bonchev–Trinajstić information content (AvgIpc) is 2.39. The van der Waals surface area contributed by atoms with Gasteiger partial charge in [0, 0.05) is 11.6 Å². The maximum absolute atomic E-state index is 12.1. The fourth-order valence-corrected chi connectivity index (χ4v) is 8.22. The van der Waals surface area contributed by atoms with E-state index in [1.807, 2.05) is 41.5 Å². The zero-order chi connectivity index (χ0) is 18.4. The van der Waals surface area contributed by atoms with E-state index in [2.05, 4.69) is 0 Å². The van der Waals surface area contributed by atoms with Gasteiger partial charge in [-0.15, -0.1) is 0 Å². The first kappa shape index (κ1) is 21.4. The van der Waals surface area contributed by atoms with Crippen molar-refractivity contribution in [2.75, 3.05) is 6.61 Å². The number of carboxylic acid groups (broad SMARTS) is 1. The highest BCUT2D eigenvalue weighted by molar-refractivity contribution is 6.78. The van der Waals surface area contributed by atoms with E-state index in [1.165, 1.54) is 6.92 Å². The molecule has 0 bridgehead atoms. The topological polar surface area (TPSA) is 89.9 Å². The largest absolute Gasteiger partial charge is 0.516 e. The van der Waals surface area contributed by atoms with Crippen LogP contribution in [0.25, 0.3) is 0 Å². The van der Waals surface area contributed by atoms with Crippen LogP contribution in [0.5, 0.6) is 0 Å². The Hall–Kier alpha value is -1.63. The second-order valence-corrected chi connectivity index (χ2v) is 11.9. The van der Waals surface area contributed by atoms with Gasteiger partial charge in [0.15, 0.2) is 6.61 Å². The number of ether oxygens (including phenoxy) is 1. The van der Waals surface area contributed by atoms with Crippen LogP contribution in [0.1, 0.15) is 48.5 Å². The Bertz CT molecular complexity index is 457. The van der Waals surface area contributed by atoms with Crippen molar-refractivity contribution in [3.8, 4) is 0 Å². The molecule has 0 aromatic heterocycles. The molecule has 0 amide bonds. The summed E-state index contributed by atoms with van der Waals surface area (Å²) in [5.41, 5.74) is 0.618. The second kappa shape index (κ2) is 8.86. The molecule has 1 N–H and O–H groups in total. The smallest absolute Gasteiger partial charge is 0.334 e. The Balaban J connectivity index is 4.93. The second-order valence-electron chi connectivity index (χ2n) is 6.53. The molecule has 0 heterocycles. The summed E-state index contributed by atoms with van der Waals surface area (Å²) in [4.78, 5) is 34.2. The monoisotopic (exact) mass is 344 g/mol. The van der Waals surface area contributed by atoms with Gasteiger partial charge in [0.1, 0.15) is 0 Å². The van der Waals surface area contributed by atoms with Crippen molar-refractivity contribution in [1.82, 2.24) is 0 Å². The molecule has 132 valence electrons. The van der Waals surface area contributed by atoms with E-state index in [1.54, 1.807) is 0 Å². The van der Waals surface area contributed by atoms with Gasteiger partial charge < -0.3 is 14.3 Å². The average molecular weight is 344 g/mol. The van der Waals surface area contributed by atoms with E-state index in [9.17, 15) is 14.4 Å². The van der Waals surface area contributed by atoms with Gasteiger partial charge in [-0.25, -0.2) is 14.4 Å². The van der Waals surface area contributed by atoms with Gasteiger partial charge in [0.25, 0.3) is 8.32 Å². The summed E-state index contributed by atoms with van der Waals surface area (Å²) < 4.78 is 10.6. The van der Waals surface area contributed by atoms with E-state index in [4.69, 9.17) is 14.3 Å². The van der Waals surface area contributed by atoms with Gasteiger partial charge in [-0.1, -0.05) is 41.5 Å². The number of esters is 1. The quantitative estimate of drug-likeness (QED) is 0.413. The first-order valence-electron chi connectivity index (χ1n) is 7.75. The molecule has 0 saturated carbocycles. The lowest BCUT2D eigenvalue weighted by atomic mass is 10.3. The SMILES string of the molecule is C/C(=C\C(=O)O)C(=O)OCC(=O)O[Si](C(C)C)(C(C)C)C(C)C. The van der Waals surface area contributed by atoms with Crippen molar-refractivity contribution in [1.29, 1.82) is 0 Å². The van der Waals surface area contributed by atoms with Gasteiger partial charge in [-0.2, -0.15) is 0 Å². The van der Waals surface area contributed by atoms with E-state index in [-0.39, 0.29) is 22.2 Å². The Morgan fingerprint density at radius 1 is 1.00 bits per heavy atom. The standard InChI is InChI=1S/C16H28O6Si/c1-10(2)23(11(3)4,12(5)6)22-15(19)9-21-16(20)13(7)8-14(17)18/h8,10-12H,9H2,1-7H3,(H,17,18)/b13-8+. The molecule has 0 aromatic rings. The van der Waals surface area contributed by atoms with Gasteiger partial charge in [0.2, 0.25) is 0 Å². The van der Waals surface area contributed by atoms with E-state index < -0.39 is 32.8 Å². The molecule has 0 atom stereocenters. The number of rotatable bonds is 8. The fourth-order valence-electron chi connectivity index (χ4n) is 3.06. The molecule has 0 radical (unpaired) electrons. The van der Waals surface area contributed by atoms with Crippen LogP contribution in [0.4, 0.5) is 0 Å². The van der Waals surface area contributed by atoms with Crippen molar-refractivity contribution in [3.05, 3.63) is 11.6 Å². The molecule has 0 spiro atoms. The lowest BCUT2D eigenvalue weighted by molar-refractivity contribution is -0.151. The van der Waals surface area contributed by atoms with Crippen LogP contribution < -0.4 is 0 Å². The van der Waals surface area contributed by atoms with Crippen LogP contribution in [0.3, 0.4) is 0 Å². The first-order valence-corrected chi connectivity index (χ1v) is 9.89. The molecule has 0 aliphatic rings. The molecular formula is C16H28O6Si. The predicted molar refractivity (Wildman–Crippen MR) is 89.5 cm³/mol. The number of hydrogen-bond donors (Lipinski definition) is 1. The van der Waals surface area contributed by atoms with Crippen molar-refractivity contribution in [2.45, 2.75) is 65.1 Å². The third-order valence-electron chi connectivity index (χ3n) is 3.98. The summed E-state index contributed by atoms with van der Waals surface area (Å²) in [7, 11) is -2.37. The summed E-state index contributed by atoms with van der Waals surface area (Å²) in [5.74, 6) is -2.66. The minimum Gasteiger partial charge on any atom is -0.516 e. The number of carboxylic acids is 1. The molecule has 7 heteroatoms. The van der Waals surface area contributed by atoms with Crippen molar-refractivity contribution >= 4 is 26.2 Å². The molecule has 6 nitrogen and oxygen atoms in total. The van der Waals surface area contributed by atoms with E-state index >= 15 is 0 Å². The van der Waals surface area contributed by atoms with Crippen LogP contribution >= 0.6 is 0 Å². The van der Waals surface area contributed by atoms with Crippen LogP contribution in [0.2, 0.25) is 16.6 Å². The molecule has 0 aliphatic carbocycles. The van der Waals surface area contributed by atoms with Crippen molar-refractivity contribution in [3.63, 3.8) is 0 Å². The van der Waals surface area contributed by atoms with Crippen molar-refractivity contribution in [2.24, 2.45) is 0 Å². The molecule has 0 aromatic carbocycles.